The van der Waals surface area contributed by atoms with Crippen LogP contribution in [0.2, 0.25) is 0 Å². The van der Waals surface area contributed by atoms with Crippen molar-refractivity contribution in [3.05, 3.63) is 41.3 Å². The number of ether oxygens (including phenoxy) is 2. The second-order valence-electron chi connectivity index (χ2n) is 7.03. The molecule has 2 amide bonds. The Bertz CT molecular complexity index is 710. The topological polar surface area (TPSA) is 59.1 Å². The van der Waals surface area contributed by atoms with E-state index in [4.69, 9.17) is 9.47 Å². The Balaban J connectivity index is 2.39. The van der Waals surface area contributed by atoms with Gasteiger partial charge in [0.1, 0.15) is 11.5 Å². The van der Waals surface area contributed by atoms with Crippen molar-refractivity contribution in [1.29, 1.82) is 0 Å². The van der Waals surface area contributed by atoms with Gasteiger partial charge < -0.3 is 14.4 Å². The van der Waals surface area contributed by atoms with E-state index in [0.717, 1.165) is 25.7 Å². The summed E-state index contributed by atoms with van der Waals surface area (Å²) in [5, 5.41) is 0. The van der Waals surface area contributed by atoms with Crippen LogP contribution in [0.5, 0.6) is 0 Å². The van der Waals surface area contributed by atoms with Crippen molar-refractivity contribution in [3.8, 4) is 0 Å². The largest absolute Gasteiger partial charge is 0.383 e. The molecule has 0 aliphatic carbocycles. The Morgan fingerprint density at radius 1 is 0.931 bits per heavy atom. The normalized spacial score (nSPS) is 14.3. The van der Waals surface area contributed by atoms with E-state index in [1.54, 1.807) is 26.4 Å². The maximum absolute atomic E-state index is 13.4. The smallest absolute Gasteiger partial charge is 0.277 e. The minimum atomic E-state index is -0.389. The molecule has 1 aliphatic rings. The highest BCUT2D eigenvalue weighted by molar-refractivity contribution is 6.35. The highest BCUT2D eigenvalue weighted by atomic mass is 19.1. The maximum Gasteiger partial charge on any atom is 0.277 e. The van der Waals surface area contributed by atoms with Crippen molar-refractivity contribution < 1.29 is 23.5 Å². The second-order valence-corrected chi connectivity index (χ2v) is 7.03. The summed E-state index contributed by atoms with van der Waals surface area (Å²) in [5.74, 6) is -1.02. The number of hydrogen-bond donors (Lipinski definition) is 0. The zero-order valence-electron chi connectivity index (χ0n) is 17.6. The lowest BCUT2D eigenvalue weighted by atomic mass is 10.0. The van der Waals surface area contributed by atoms with Gasteiger partial charge >= 0.3 is 0 Å². The van der Waals surface area contributed by atoms with Gasteiger partial charge in [-0.1, -0.05) is 38.3 Å². The van der Waals surface area contributed by atoms with Crippen LogP contribution in [0.15, 0.2) is 30.0 Å². The molecule has 0 radical (unpaired) electrons. The lowest BCUT2D eigenvalue weighted by molar-refractivity contribution is -0.137. The van der Waals surface area contributed by atoms with E-state index in [1.165, 1.54) is 17.0 Å². The van der Waals surface area contributed by atoms with Crippen LogP contribution in [-0.2, 0) is 19.1 Å². The molecule has 0 fully saturated rings. The van der Waals surface area contributed by atoms with Gasteiger partial charge in [0, 0.05) is 33.9 Å². The van der Waals surface area contributed by atoms with Crippen LogP contribution in [0, 0.1) is 5.82 Å². The summed E-state index contributed by atoms with van der Waals surface area (Å²) in [6, 6.07) is 5.69. The number of benzene rings is 1. The van der Waals surface area contributed by atoms with Gasteiger partial charge in [0.05, 0.1) is 18.8 Å². The zero-order chi connectivity index (χ0) is 21.2. The molecular weight excluding hydrogens is 375 g/mol. The SMILES string of the molecule is CCCCCCN1C(=O)C(c2ccc(F)cc2)=C(N(CCOC)CCOC)C1=O. The molecule has 2 rings (SSSR count). The van der Waals surface area contributed by atoms with Gasteiger partial charge in [-0.2, -0.15) is 0 Å². The van der Waals surface area contributed by atoms with E-state index in [0.29, 0.717) is 49.7 Å². The van der Waals surface area contributed by atoms with Crippen molar-refractivity contribution >= 4 is 17.4 Å². The molecule has 0 bridgehead atoms. The molecule has 0 N–H and O–H groups in total. The summed E-state index contributed by atoms with van der Waals surface area (Å²) in [4.78, 5) is 29.6. The summed E-state index contributed by atoms with van der Waals surface area (Å²) < 4.78 is 23.8. The quantitative estimate of drug-likeness (QED) is 0.372. The van der Waals surface area contributed by atoms with Crippen LogP contribution in [0.25, 0.3) is 5.57 Å². The first kappa shape index (κ1) is 23.0. The number of hydrogen-bond acceptors (Lipinski definition) is 5. The molecule has 7 heteroatoms. The first-order valence-corrected chi connectivity index (χ1v) is 10.1. The van der Waals surface area contributed by atoms with E-state index in [-0.39, 0.29) is 17.6 Å². The molecule has 29 heavy (non-hydrogen) atoms. The van der Waals surface area contributed by atoms with Crippen molar-refractivity contribution in [2.45, 2.75) is 32.6 Å². The second kappa shape index (κ2) is 11.7. The molecule has 0 saturated heterocycles. The fourth-order valence-corrected chi connectivity index (χ4v) is 3.37. The van der Waals surface area contributed by atoms with Crippen LogP contribution in [0.3, 0.4) is 0 Å². The standard InChI is InChI=1S/C22H31FN2O4/c1-4-5-6-7-12-25-21(26)19(17-8-10-18(23)11-9-17)20(22(25)27)24(13-15-28-2)14-16-29-3/h8-11H,4-7,12-16H2,1-3H3. The fraction of sp³-hybridized carbons (Fsp3) is 0.545. The van der Waals surface area contributed by atoms with Gasteiger partial charge in [-0.05, 0) is 24.1 Å². The van der Waals surface area contributed by atoms with Crippen molar-refractivity contribution in [1.82, 2.24) is 9.80 Å². The molecule has 0 atom stereocenters. The molecule has 1 aromatic carbocycles. The number of halogens is 1. The van der Waals surface area contributed by atoms with E-state index in [2.05, 4.69) is 6.92 Å². The number of rotatable bonds is 13. The molecule has 0 unspecified atom stereocenters. The number of imide groups is 1. The van der Waals surface area contributed by atoms with Crippen LogP contribution in [-0.4, -0.2) is 68.7 Å². The number of amides is 2. The summed E-state index contributed by atoms with van der Waals surface area (Å²) in [6.07, 6.45) is 3.88. The van der Waals surface area contributed by atoms with Crippen LogP contribution < -0.4 is 0 Å². The van der Waals surface area contributed by atoms with Gasteiger partial charge in [-0.25, -0.2) is 4.39 Å². The average molecular weight is 406 g/mol. The Labute approximate surface area is 172 Å². The van der Waals surface area contributed by atoms with E-state index >= 15 is 0 Å². The molecule has 0 saturated carbocycles. The van der Waals surface area contributed by atoms with Gasteiger partial charge in [-0.15, -0.1) is 0 Å². The summed E-state index contributed by atoms with van der Waals surface area (Å²) in [7, 11) is 3.18. The van der Waals surface area contributed by atoms with Gasteiger partial charge in [0.25, 0.3) is 11.8 Å². The number of unbranched alkanes of at least 4 members (excludes halogenated alkanes) is 3. The molecule has 1 heterocycles. The number of carbonyl (C=O) groups is 2. The number of carbonyl (C=O) groups excluding carboxylic acids is 2. The third kappa shape index (κ3) is 5.87. The summed E-state index contributed by atoms with van der Waals surface area (Å²) >= 11 is 0. The molecule has 160 valence electrons. The number of nitrogens with zero attached hydrogens (tertiary/aromatic N) is 2. The monoisotopic (exact) mass is 406 g/mol. The Morgan fingerprint density at radius 3 is 2.10 bits per heavy atom. The van der Waals surface area contributed by atoms with Crippen molar-refractivity contribution in [3.63, 3.8) is 0 Å². The zero-order valence-corrected chi connectivity index (χ0v) is 17.6. The van der Waals surface area contributed by atoms with Gasteiger partial charge in [-0.3, -0.25) is 14.5 Å². The van der Waals surface area contributed by atoms with E-state index < -0.39 is 0 Å². The molecule has 0 spiro atoms. The molecule has 0 aromatic heterocycles. The third-order valence-corrected chi connectivity index (χ3v) is 4.96. The first-order chi connectivity index (χ1) is 14.0. The Hall–Kier alpha value is -2.25. The number of methoxy groups -OCH3 is 2. The van der Waals surface area contributed by atoms with E-state index in [9.17, 15) is 14.0 Å². The predicted molar refractivity (Wildman–Crippen MR) is 110 cm³/mol. The van der Waals surface area contributed by atoms with Crippen LogP contribution in [0.4, 0.5) is 4.39 Å². The highest BCUT2D eigenvalue weighted by Gasteiger charge is 2.41. The lowest BCUT2D eigenvalue weighted by Gasteiger charge is -2.25. The average Bonchev–Trinajstić information content (AvgIpc) is 2.96. The van der Waals surface area contributed by atoms with Crippen molar-refractivity contribution in [2.75, 3.05) is 47.1 Å². The fourth-order valence-electron chi connectivity index (χ4n) is 3.37. The molecular formula is C22H31FN2O4. The third-order valence-electron chi connectivity index (χ3n) is 4.96. The first-order valence-electron chi connectivity index (χ1n) is 10.1. The molecule has 1 aliphatic heterocycles. The molecule has 1 aromatic rings. The lowest BCUT2D eigenvalue weighted by Crippen LogP contribution is -2.38. The van der Waals surface area contributed by atoms with Gasteiger partial charge in [0.15, 0.2) is 0 Å². The van der Waals surface area contributed by atoms with Crippen LogP contribution >= 0.6 is 0 Å². The van der Waals surface area contributed by atoms with Crippen molar-refractivity contribution in [2.24, 2.45) is 0 Å². The van der Waals surface area contributed by atoms with Crippen LogP contribution in [0.1, 0.15) is 38.2 Å². The predicted octanol–water partition coefficient (Wildman–Crippen LogP) is 3.08. The Morgan fingerprint density at radius 2 is 1.55 bits per heavy atom. The molecule has 6 nitrogen and oxygen atoms in total. The minimum Gasteiger partial charge on any atom is -0.383 e. The van der Waals surface area contributed by atoms with Gasteiger partial charge in [0.2, 0.25) is 0 Å². The minimum absolute atomic E-state index is 0.307. The highest BCUT2D eigenvalue weighted by Crippen LogP contribution is 2.32. The summed E-state index contributed by atoms with van der Waals surface area (Å²) in [5.41, 5.74) is 1.19. The Kier molecular flexibility index (Phi) is 9.28. The maximum atomic E-state index is 13.4. The van der Waals surface area contributed by atoms with E-state index in [1.807, 2.05) is 4.90 Å². The summed E-state index contributed by atoms with van der Waals surface area (Å²) in [6.45, 7) is 4.20.